The number of carbonyl (C=O) groups excluding carboxylic acids is 1. The largest absolute Gasteiger partial charge is 0.353 e. The van der Waals surface area contributed by atoms with Crippen LogP contribution in [0.1, 0.15) is 12.6 Å². The van der Waals surface area contributed by atoms with Gasteiger partial charge in [-0.05, 0) is 6.08 Å². The number of carbonyl (C=O) groups is 1. The lowest BCUT2D eigenvalue weighted by Gasteiger charge is -1.92. The highest BCUT2D eigenvalue weighted by molar-refractivity contribution is 7.07. The van der Waals surface area contributed by atoms with Crippen LogP contribution in [0.15, 0.2) is 17.0 Å². The Balaban J connectivity index is 2.27. The summed E-state index contributed by atoms with van der Waals surface area (Å²) in [5.41, 5.74) is 2.71. The van der Waals surface area contributed by atoms with Gasteiger partial charge >= 0.3 is 0 Å². The SMILES string of the molecule is CC(=O)NCC=Cc1cscn1. The van der Waals surface area contributed by atoms with Crippen molar-refractivity contribution in [2.75, 3.05) is 6.54 Å². The van der Waals surface area contributed by atoms with E-state index in [0.29, 0.717) is 6.54 Å². The van der Waals surface area contributed by atoms with Crippen LogP contribution in [0, 0.1) is 0 Å². The van der Waals surface area contributed by atoms with Crippen molar-refractivity contribution < 1.29 is 4.79 Å². The molecule has 1 rings (SSSR count). The number of nitrogens with one attached hydrogen (secondary N) is 1. The second-order valence-corrected chi connectivity index (χ2v) is 2.97. The number of thiazole rings is 1. The Labute approximate surface area is 75.1 Å². The van der Waals surface area contributed by atoms with Crippen LogP contribution in [0.2, 0.25) is 0 Å². The van der Waals surface area contributed by atoms with E-state index in [1.807, 2.05) is 17.5 Å². The molecule has 0 aromatic carbocycles. The second-order valence-electron chi connectivity index (χ2n) is 2.25. The zero-order chi connectivity index (χ0) is 8.81. The van der Waals surface area contributed by atoms with Crippen LogP contribution in [0.5, 0.6) is 0 Å². The van der Waals surface area contributed by atoms with E-state index in [0.717, 1.165) is 5.69 Å². The quantitative estimate of drug-likeness (QED) is 0.765. The fraction of sp³-hybridized carbons (Fsp3) is 0.250. The molecule has 0 saturated heterocycles. The molecule has 0 atom stereocenters. The number of rotatable bonds is 3. The first-order valence-electron chi connectivity index (χ1n) is 3.58. The minimum atomic E-state index is -0.0158. The maximum atomic E-state index is 10.4. The summed E-state index contributed by atoms with van der Waals surface area (Å²) in [6.45, 7) is 2.06. The normalized spacial score (nSPS) is 10.4. The van der Waals surface area contributed by atoms with E-state index in [-0.39, 0.29) is 5.91 Å². The summed E-state index contributed by atoms with van der Waals surface area (Å²) in [5.74, 6) is -0.0158. The molecule has 1 heterocycles. The van der Waals surface area contributed by atoms with E-state index in [9.17, 15) is 4.79 Å². The van der Waals surface area contributed by atoms with Gasteiger partial charge in [-0.3, -0.25) is 4.79 Å². The van der Waals surface area contributed by atoms with Gasteiger partial charge in [0, 0.05) is 18.8 Å². The molecule has 1 amide bonds. The lowest BCUT2D eigenvalue weighted by molar-refractivity contribution is -0.118. The van der Waals surface area contributed by atoms with Crippen molar-refractivity contribution in [1.82, 2.24) is 10.3 Å². The Bertz CT molecular complexity index is 267. The summed E-state index contributed by atoms with van der Waals surface area (Å²) >= 11 is 1.55. The molecule has 0 bridgehead atoms. The van der Waals surface area contributed by atoms with Gasteiger partial charge in [-0.1, -0.05) is 6.08 Å². The first-order chi connectivity index (χ1) is 5.79. The predicted octanol–water partition coefficient (Wildman–Crippen LogP) is 1.29. The summed E-state index contributed by atoms with van der Waals surface area (Å²) in [7, 11) is 0. The summed E-state index contributed by atoms with van der Waals surface area (Å²) in [5, 5.41) is 4.61. The molecular formula is C8H10N2OS. The highest BCUT2D eigenvalue weighted by Crippen LogP contribution is 2.01. The molecule has 1 aromatic rings. The number of hydrogen-bond donors (Lipinski definition) is 1. The predicted molar refractivity (Wildman–Crippen MR) is 49.8 cm³/mol. The highest BCUT2D eigenvalue weighted by atomic mass is 32.1. The smallest absolute Gasteiger partial charge is 0.217 e. The van der Waals surface area contributed by atoms with Gasteiger partial charge in [0.25, 0.3) is 0 Å². The number of nitrogens with zero attached hydrogens (tertiary/aromatic N) is 1. The minimum Gasteiger partial charge on any atom is -0.353 e. The average molecular weight is 182 g/mol. The zero-order valence-corrected chi connectivity index (χ0v) is 7.60. The van der Waals surface area contributed by atoms with Gasteiger partial charge in [0.2, 0.25) is 5.91 Å². The Morgan fingerprint density at radius 1 is 1.83 bits per heavy atom. The van der Waals surface area contributed by atoms with Crippen molar-refractivity contribution in [3.8, 4) is 0 Å². The van der Waals surface area contributed by atoms with Gasteiger partial charge in [-0.15, -0.1) is 11.3 Å². The third kappa shape index (κ3) is 3.30. The number of aromatic nitrogens is 1. The third-order valence-corrected chi connectivity index (χ3v) is 1.81. The van der Waals surface area contributed by atoms with Crippen molar-refractivity contribution in [3.63, 3.8) is 0 Å². The maximum absolute atomic E-state index is 10.4. The van der Waals surface area contributed by atoms with Gasteiger partial charge in [0.1, 0.15) is 0 Å². The van der Waals surface area contributed by atoms with E-state index in [2.05, 4.69) is 10.3 Å². The molecule has 0 saturated carbocycles. The summed E-state index contributed by atoms with van der Waals surface area (Å²) in [6, 6.07) is 0. The van der Waals surface area contributed by atoms with E-state index >= 15 is 0 Å². The van der Waals surface area contributed by atoms with Crippen molar-refractivity contribution in [3.05, 3.63) is 22.7 Å². The topological polar surface area (TPSA) is 42.0 Å². The van der Waals surface area contributed by atoms with Crippen LogP contribution in [0.4, 0.5) is 0 Å². The van der Waals surface area contributed by atoms with Gasteiger partial charge in [-0.25, -0.2) is 4.98 Å². The van der Waals surface area contributed by atoms with Crippen LogP contribution < -0.4 is 5.32 Å². The molecule has 0 fully saturated rings. The second kappa shape index (κ2) is 4.66. The molecule has 0 aliphatic rings. The Morgan fingerprint density at radius 3 is 3.25 bits per heavy atom. The molecule has 4 heteroatoms. The molecule has 0 aliphatic heterocycles. The van der Waals surface area contributed by atoms with E-state index in [1.165, 1.54) is 6.92 Å². The van der Waals surface area contributed by atoms with Gasteiger partial charge in [0.05, 0.1) is 11.2 Å². The van der Waals surface area contributed by atoms with Crippen molar-refractivity contribution in [2.45, 2.75) is 6.92 Å². The van der Waals surface area contributed by atoms with Crippen LogP contribution in [-0.4, -0.2) is 17.4 Å². The van der Waals surface area contributed by atoms with Crippen LogP contribution in [-0.2, 0) is 4.79 Å². The van der Waals surface area contributed by atoms with Crippen molar-refractivity contribution in [2.24, 2.45) is 0 Å². The summed E-state index contributed by atoms with van der Waals surface area (Å²) in [4.78, 5) is 14.5. The monoisotopic (exact) mass is 182 g/mol. The van der Waals surface area contributed by atoms with Gasteiger partial charge in [-0.2, -0.15) is 0 Å². The lowest BCUT2D eigenvalue weighted by atomic mass is 10.4. The molecule has 1 N–H and O–H groups in total. The minimum absolute atomic E-state index is 0.0158. The first kappa shape index (κ1) is 8.93. The molecule has 1 aromatic heterocycles. The molecule has 64 valence electrons. The number of amides is 1. The third-order valence-electron chi connectivity index (χ3n) is 1.21. The average Bonchev–Trinajstić information content (AvgIpc) is 2.49. The van der Waals surface area contributed by atoms with Crippen LogP contribution in [0.25, 0.3) is 6.08 Å². The lowest BCUT2D eigenvalue weighted by Crippen LogP contribution is -2.19. The summed E-state index contributed by atoms with van der Waals surface area (Å²) in [6.07, 6.45) is 3.75. The van der Waals surface area contributed by atoms with E-state index < -0.39 is 0 Å². The standard InChI is InChI=1S/C8H10N2OS/c1-7(11)9-4-2-3-8-5-12-6-10-8/h2-3,5-6H,4H2,1H3,(H,9,11). The molecule has 0 spiro atoms. The molecule has 0 unspecified atom stereocenters. The van der Waals surface area contributed by atoms with E-state index in [4.69, 9.17) is 0 Å². The van der Waals surface area contributed by atoms with E-state index in [1.54, 1.807) is 16.8 Å². The molecule has 3 nitrogen and oxygen atoms in total. The number of hydrogen-bond acceptors (Lipinski definition) is 3. The molecule has 0 radical (unpaired) electrons. The summed E-state index contributed by atoms with van der Waals surface area (Å²) < 4.78 is 0. The Kier molecular flexibility index (Phi) is 3.47. The Hall–Kier alpha value is -1.16. The van der Waals surface area contributed by atoms with Gasteiger partial charge < -0.3 is 5.32 Å². The molecule has 0 aliphatic carbocycles. The van der Waals surface area contributed by atoms with Crippen molar-refractivity contribution >= 4 is 23.3 Å². The first-order valence-corrected chi connectivity index (χ1v) is 4.52. The zero-order valence-electron chi connectivity index (χ0n) is 6.78. The Morgan fingerprint density at radius 2 is 2.67 bits per heavy atom. The highest BCUT2D eigenvalue weighted by Gasteiger charge is 1.87. The van der Waals surface area contributed by atoms with Gasteiger partial charge in [0.15, 0.2) is 0 Å². The molecule has 12 heavy (non-hydrogen) atoms. The fourth-order valence-electron chi connectivity index (χ4n) is 0.687. The van der Waals surface area contributed by atoms with Crippen molar-refractivity contribution in [1.29, 1.82) is 0 Å². The molecular weight excluding hydrogens is 172 g/mol. The maximum Gasteiger partial charge on any atom is 0.217 e. The van der Waals surface area contributed by atoms with Crippen LogP contribution >= 0.6 is 11.3 Å². The van der Waals surface area contributed by atoms with Crippen LogP contribution in [0.3, 0.4) is 0 Å². The fourth-order valence-corrected chi connectivity index (χ4v) is 1.21.